The molecule has 0 saturated carbocycles. The van der Waals surface area contributed by atoms with Gasteiger partial charge in [0.1, 0.15) is 0 Å². The first kappa shape index (κ1) is 9.33. The molecular weight excluding hydrogens is 198 g/mol. The van der Waals surface area contributed by atoms with E-state index in [4.69, 9.17) is 5.73 Å². The molecule has 13 heavy (non-hydrogen) atoms. The molecule has 0 bridgehead atoms. The van der Waals surface area contributed by atoms with Crippen molar-refractivity contribution in [3.63, 3.8) is 0 Å². The number of aromatic amines is 3. The fourth-order valence-corrected chi connectivity index (χ4v) is 0.949. The number of hydrogen-bond donors (Lipinski definition) is 4. The number of hydrogen-bond acceptors (Lipinski definition) is 4. The minimum absolute atomic E-state index is 0. The van der Waals surface area contributed by atoms with Crippen molar-refractivity contribution in [1.29, 1.82) is 0 Å². The van der Waals surface area contributed by atoms with Crippen molar-refractivity contribution >= 4 is 29.5 Å². The van der Waals surface area contributed by atoms with Crippen molar-refractivity contribution < 1.29 is 0 Å². The third-order valence-electron chi connectivity index (χ3n) is 1.41. The molecule has 0 aromatic carbocycles. The number of H-pyrrole nitrogens is 3. The molecule has 0 amide bonds. The second kappa shape index (κ2) is 2.94. The Morgan fingerprint density at radius 3 is 2.54 bits per heavy atom. The van der Waals surface area contributed by atoms with Crippen molar-refractivity contribution in [1.82, 2.24) is 19.9 Å². The van der Waals surface area contributed by atoms with Crippen molar-refractivity contribution in [3.05, 3.63) is 20.8 Å². The summed E-state index contributed by atoms with van der Waals surface area (Å²) in [5.41, 5.74) is 4.56. The summed E-state index contributed by atoms with van der Waals surface area (Å²) in [6.45, 7) is 0. The zero-order chi connectivity index (χ0) is 8.72. The smallest absolute Gasteiger partial charge is 0.325 e. The summed E-state index contributed by atoms with van der Waals surface area (Å²) in [5.74, 6) is -0.0252. The summed E-state index contributed by atoms with van der Waals surface area (Å²) in [6, 6.07) is 0. The van der Waals surface area contributed by atoms with E-state index in [0.717, 1.165) is 0 Å². The number of nitrogens with zero attached hydrogens (tertiary/aromatic N) is 1. The summed E-state index contributed by atoms with van der Waals surface area (Å²) >= 11 is 0. The lowest BCUT2D eigenvalue weighted by Gasteiger charge is -1.89. The van der Waals surface area contributed by atoms with Gasteiger partial charge in [-0.3, -0.25) is 19.7 Å². The normalized spacial score (nSPS) is 9.85. The fraction of sp³-hybridized carbons (Fsp3) is 0. The van der Waals surface area contributed by atoms with Crippen LogP contribution in [0, 0.1) is 0 Å². The average molecular weight is 204 g/mol. The summed E-state index contributed by atoms with van der Waals surface area (Å²) in [6.07, 6.45) is 0. The van der Waals surface area contributed by atoms with Crippen LogP contribution in [-0.2, 0) is 0 Å². The third-order valence-corrected chi connectivity index (χ3v) is 1.41. The van der Waals surface area contributed by atoms with Crippen LogP contribution >= 0.6 is 12.4 Å². The molecule has 8 heteroatoms. The van der Waals surface area contributed by atoms with E-state index in [9.17, 15) is 9.59 Å². The van der Waals surface area contributed by atoms with Crippen molar-refractivity contribution in [2.24, 2.45) is 0 Å². The van der Waals surface area contributed by atoms with Crippen molar-refractivity contribution in [3.8, 4) is 0 Å². The number of anilines is 1. The van der Waals surface area contributed by atoms with Crippen LogP contribution in [0.3, 0.4) is 0 Å². The highest BCUT2D eigenvalue weighted by Crippen LogP contribution is 1.96. The Morgan fingerprint density at radius 1 is 1.15 bits per heavy atom. The van der Waals surface area contributed by atoms with Crippen LogP contribution in [0.4, 0.5) is 5.95 Å². The van der Waals surface area contributed by atoms with E-state index in [-0.39, 0.29) is 29.5 Å². The molecule has 2 aromatic rings. The molecule has 0 unspecified atom stereocenters. The minimum Gasteiger partial charge on any atom is -0.369 e. The van der Waals surface area contributed by atoms with Gasteiger partial charge >= 0.3 is 5.69 Å². The summed E-state index contributed by atoms with van der Waals surface area (Å²) in [5, 5.41) is 0. The molecule has 0 radical (unpaired) electrons. The van der Waals surface area contributed by atoms with E-state index in [2.05, 4.69) is 19.9 Å². The second-order valence-corrected chi connectivity index (χ2v) is 2.25. The maximum Gasteiger partial charge on any atom is 0.325 e. The van der Waals surface area contributed by atoms with Gasteiger partial charge in [-0.25, -0.2) is 4.79 Å². The lowest BCUT2D eigenvalue weighted by molar-refractivity contribution is 1.17. The van der Waals surface area contributed by atoms with Crippen LogP contribution in [0.25, 0.3) is 11.2 Å². The van der Waals surface area contributed by atoms with Gasteiger partial charge in [0.05, 0.1) is 0 Å². The molecule has 70 valence electrons. The molecule has 2 aromatic heterocycles. The molecule has 2 rings (SSSR count). The van der Waals surface area contributed by atoms with Gasteiger partial charge in [-0.15, -0.1) is 12.4 Å². The van der Waals surface area contributed by atoms with E-state index in [1.54, 1.807) is 0 Å². The monoisotopic (exact) mass is 203 g/mol. The maximum atomic E-state index is 11.0. The SMILES string of the molecule is Cl.Nc1nc2[nH]c(=O)[nH]c2c(=O)[nH]1. The predicted octanol–water partition coefficient (Wildman–Crippen LogP) is -1.06. The Kier molecular flexibility index (Phi) is 2.11. The third kappa shape index (κ3) is 1.41. The predicted molar refractivity (Wildman–Crippen MR) is 49.0 cm³/mol. The van der Waals surface area contributed by atoms with Crippen molar-refractivity contribution in [2.45, 2.75) is 0 Å². The zero-order valence-corrected chi connectivity index (χ0v) is 7.07. The van der Waals surface area contributed by atoms with Crippen LogP contribution in [0.5, 0.6) is 0 Å². The lowest BCUT2D eigenvalue weighted by atomic mass is 10.5. The summed E-state index contributed by atoms with van der Waals surface area (Å²) in [7, 11) is 0. The number of halogens is 1. The topological polar surface area (TPSA) is 120 Å². The van der Waals surface area contributed by atoms with Gasteiger partial charge < -0.3 is 5.73 Å². The molecular formula is C5H6ClN5O2. The Labute approximate surface area is 76.8 Å². The molecule has 2 heterocycles. The van der Waals surface area contributed by atoms with E-state index in [0.29, 0.717) is 0 Å². The zero-order valence-electron chi connectivity index (χ0n) is 6.25. The molecule has 7 nitrogen and oxygen atoms in total. The first-order valence-corrected chi connectivity index (χ1v) is 3.14. The van der Waals surface area contributed by atoms with Gasteiger partial charge in [0, 0.05) is 0 Å². The number of aromatic nitrogens is 4. The van der Waals surface area contributed by atoms with Crippen LogP contribution in [0.15, 0.2) is 9.59 Å². The molecule has 0 fully saturated rings. The van der Waals surface area contributed by atoms with Crippen LogP contribution in [0.2, 0.25) is 0 Å². The fourth-order valence-electron chi connectivity index (χ4n) is 0.949. The van der Waals surface area contributed by atoms with E-state index in [1.165, 1.54) is 0 Å². The molecule has 0 spiro atoms. The Bertz CT molecular complexity index is 538. The highest BCUT2D eigenvalue weighted by molar-refractivity contribution is 5.85. The summed E-state index contributed by atoms with van der Waals surface area (Å²) in [4.78, 5) is 32.3. The summed E-state index contributed by atoms with van der Waals surface area (Å²) < 4.78 is 0. The van der Waals surface area contributed by atoms with Gasteiger partial charge in [0.15, 0.2) is 11.2 Å². The van der Waals surface area contributed by atoms with Gasteiger partial charge in [0.25, 0.3) is 5.56 Å². The Hall–Kier alpha value is -1.76. The standard InChI is InChI=1S/C5H5N5O2.ClH/c6-4-8-2-1(3(11)10-4)7-5(12)9-2;/h(H5,6,7,8,9,10,11,12);1H. The number of fused-ring (bicyclic) bond motifs is 1. The number of imidazole rings is 1. The van der Waals surface area contributed by atoms with Crippen molar-refractivity contribution in [2.75, 3.05) is 5.73 Å². The highest BCUT2D eigenvalue weighted by atomic mass is 35.5. The molecule has 5 N–H and O–H groups in total. The Balaban J connectivity index is 0.000000845. The van der Waals surface area contributed by atoms with Gasteiger partial charge in [0.2, 0.25) is 5.95 Å². The van der Waals surface area contributed by atoms with Gasteiger partial charge in [-0.05, 0) is 0 Å². The van der Waals surface area contributed by atoms with Gasteiger partial charge in [-0.2, -0.15) is 4.98 Å². The maximum absolute atomic E-state index is 11.0. The van der Waals surface area contributed by atoms with Crippen LogP contribution in [-0.4, -0.2) is 19.9 Å². The lowest BCUT2D eigenvalue weighted by Crippen LogP contribution is -2.11. The molecule has 0 aliphatic heterocycles. The number of rotatable bonds is 0. The molecule has 0 aliphatic carbocycles. The molecule has 0 atom stereocenters. The Morgan fingerprint density at radius 2 is 1.85 bits per heavy atom. The van der Waals surface area contributed by atoms with Crippen LogP contribution < -0.4 is 17.0 Å². The highest BCUT2D eigenvalue weighted by Gasteiger charge is 2.03. The number of nitrogens with two attached hydrogens (primary N) is 1. The second-order valence-electron chi connectivity index (χ2n) is 2.25. The molecule has 0 aliphatic rings. The average Bonchev–Trinajstić information content (AvgIpc) is 2.29. The van der Waals surface area contributed by atoms with Gasteiger partial charge in [-0.1, -0.05) is 0 Å². The first-order valence-electron chi connectivity index (χ1n) is 3.14. The first-order chi connectivity index (χ1) is 5.66. The quantitative estimate of drug-likeness (QED) is 0.436. The number of nitrogens with one attached hydrogen (secondary N) is 3. The van der Waals surface area contributed by atoms with E-state index >= 15 is 0 Å². The molecule has 0 saturated heterocycles. The minimum atomic E-state index is -0.478. The largest absolute Gasteiger partial charge is 0.369 e. The van der Waals surface area contributed by atoms with E-state index in [1.807, 2.05) is 0 Å². The van der Waals surface area contributed by atoms with Crippen LogP contribution in [0.1, 0.15) is 0 Å². The number of nitrogen functional groups attached to an aromatic ring is 1. The van der Waals surface area contributed by atoms with E-state index < -0.39 is 11.2 Å².